The van der Waals surface area contributed by atoms with Crippen molar-refractivity contribution in [2.24, 2.45) is 5.41 Å². The van der Waals surface area contributed by atoms with Crippen molar-refractivity contribution in [1.82, 2.24) is 19.4 Å². The Morgan fingerprint density at radius 3 is 2.57 bits per heavy atom. The Hall–Kier alpha value is -2.37. The Labute approximate surface area is 134 Å². The number of nitrogens with zero attached hydrogens (tertiary/aromatic N) is 4. The van der Waals surface area contributed by atoms with Crippen molar-refractivity contribution < 1.29 is 9.59 Å². The van der Waals surface area contributed by atoms with E-state index in [1.807, 2.05) is 41.1 Å². The molecule has 2 amide bonds. The molecule has 2 aliphatic heterocycles. The van der Waals surface area contributed by atoms with Gasteiger partial charge in [-0.1, -0.05) is 0 Å². The Morgan fingerprint density at radius 1 is 1.13 bits per heavy atom. The van der Waals surface area contributed by atoms with E-state index in [1.165, 1.54) is 0 Å². The van der Waals surface area contributed by atoms with Gasteiger partial charge < -0.3 is 9.80 Å². The number of carbonyl (C=O) groups excluding carboxylic acids is 2. The fourth-order valence-corrected chi connectivity index (χ4v) is 3.87. The second-order valence-corrected chi connectivity index (χ2v) is 6.63. The number of amides is 2. The number of rotatable bonds is 1. The molecule has 4 rings (SSSR count). The van der Waals surface area contributed by atoms with E-state index in [4.69, 9.17) is 0 Å². The summed E-state index contributed by atoms with van der Waals surface area (Å²) in [4.78, 5) is 28.8. The van der Waals surface area contributed by atoms with Crippen LogP contribution in [0.5, 0.6) is 0 Å². The molecule has 120 valence electrons. The number of aromatic nitrogens is 2. The fraction of sp³-hybridized carbons (Fsp3) is 0.471. The monoisotopic (exact) mass is 312 g/mol. The Morgan fingerprint density at radius 2 is 1.87 bits per heavy atom. The highest BCUT2D eigenvalue weighted by Gasteiger charge is 2.47. The molecule has 0 saturated carbocycles. The molecule has 0 N–H and O–H groups in total. The van der Waals surface area contributed by atoms with Crippen LogP contribution in [0.2, 0.25) is 0 Å². The lowest BCUT2D eigenvalue weighted by Gasteiger charge is -2.37. The van der Waals surface area contributed by atoms with Gasteiger partial charge in [0, 0.05) is 32.9 Å². The van der Waals surface area contributed by atoms with Crippen LogP contribution in [0.3, 0.4) is 0 Å². The number of hydrogen-bond acceptors (Lipinski definition) is 3. The van der Waals surface area contributed by atoms with Crippen LogP contribution in [-0.4, -0.2) is 57.9 Å². The summed E-state index contributed by atoms with van der Waals surface area (Å²) in [6.45, 7) is 2.11. The van der Waals surface area contributed by atoms with Gasteiger partial charge in [-0.05, 0) is 43.5 Å². The maximum Gasteiger partial charge on any atom is 0.272 e. The van der Waals surface area contributed by atoms with E-state index >= 15 is 0 Å². The summed E-state index contributed by atoms with van der Waals surface area (Å²) < 4.78 is 1.68. The summed E-state index contributed by atoms with van der Waals surface area (Å²) in [6.07, 6.45) is 4.12. The number of carbonyl (C=O) groups is 2. The highest BCUT2D eigenvalue weighted by atomic mass is 16.2. The average molecular weight is 312 g/mol. The molecule has 23 heavy (non-hydrogen) atoms. The summed E-state index contributed by atoms with van der Waals surface area (Å²) in [5, 5.41) is 4.26. The lowest BCUT2D eigenvalue weighted by atomic mass is 9.77. The fourth-order valence-electron chi connectivity index (χ4n) is 3.87. The largest absolute Gasteiger partial charge is 0.345 e. The second-order valence-electron chi connectivity index (χ2n) is 6.63. The molecule has 0 bridgehead atoms. The lowest BCUT2D eigenvalue weighted by Crippen LogP contribution is -2.46. The first-order valence-electron chi connectivity index (χ1n) is 8.08. The molecule has 4 heterocycles. The molecule has 6 heteroatoms. The summed E-state index contributed by atoms with van der Waals surface area (Å²) >= 11 is 0. The maximum absolute atomic E-state index is 12.8. The van der Waals surface area contributed by atoms with Crippen LogP contribution in [0, 0.1) is 5.41 Å². The Balaban J connectivity index is 1.52. The van der Waals surface area contributed by atoms with Crippen molar-refractivity contribution in [3.05, 3.63) is 36.2 Å². The van der Waals surface area contributed by atoms with E-state index in [0.717, 1.165) is 31.3 Å². The topological polar surface area (TPSA) is 57.9 Å². The summed E-state index contributed by atoms with van der Waals surface area (Å²) in [7, 11) is 1.87. The molecule has 0 atom stereocenters. The van der Waals surface area contributed by atoms with E-state index in [0.29, 0.717) is 18.8 Å². The van der Waals surface area contributed by atoms with Gasteiger partial charge in [0.05, 0.1) is 10.9 Å². The van der Waals surface area contributed by atoms with Crippen molar-refractivity contribution in [2.75, 3.05) is 26.7 Å². The van der Waals surface area contributed by atoms with E-state index in [2.05, 4.69) is 5.10 Å². The Kier molecular flexibility index (Phi) is 3.14. The molecular weight excluding hydrogens is 292 g/mol. The normalized spacial score (nSPS) is 20.7. The SMILES string of the molecule is CN1CCC2(CCN(C(=O)c3ccc4cccnn34)CC2)C1=O. The average Bonchev–Trinajstić information content (AvgIpc) is 3.13. The molecular formula is C17H20N4O2. The van der Waals surface area contributed by atoms with Crippen molar-refractivity contribution in [1.29, 1.82) is 0 Å². The van der Waals surface area contributed by atoms with Crippen LogP contribution in [0.15, 0.2) is 30.5 Å². The van der Waals surface area contributed by atoms with Crippen LogP contribution < -0.4 is 0 Å². The minimum atomic E-state index is -0.231. The maximum atomic E-state index is 12.8. The molecule has 2 saturated heterocycles. The molecule has 1 spiro atoms. The van der Waals surface area contributed by atoms with Crippen molar-refractivity contribution >= 4 is 17.3 Å². The number of fused-ring (bicyclic) bond motifs is 1. The van der Waals surface area contributed by atoms with Crippen LogP contribution in [0.25, 0.3) is 5.52 Å². The third kappa shape index (κ3) is 2.12. The first-order chi connectivity index (χ1) is 11.1. The van der Waals surface area contributed by atoms with Gasteiger partial charge in [0.15, 0.2) is 0 Å². The molecule has 2 fully saturated rings. The zero-order chi connectivity index (χ0) is 16.0. The van der Waals surface area contributed by atoms with Crippen LogP contribution in [0.1, 0.15) is 29.8 Å². The van der Waals surface area contributed by atoms with Gasteiger partial charge in [-0.2, -0.15) is 5.10 Å². The van der Waals surface area contributed by atoms with E-state index in [-0.39, 0.29) is 17.2 Å². The third-order valence-corrected chi connectivity index (χ3v) is 5.37. The van der Waals surface area contributed by atoms with Crippen molar-refractivity contribution in [3.8, 4) is 0 Å². The van der Waals surface area contributed by atoms with Gasteiger partial charge in [-0.3, -0.25) is 9.59 Å². The highest BCUT2D eigenvalue weighted by Crippen LogP contribution is 2.41. The molecule has 2 aromatic rings. The summed E-state index contributed by atoms with van der Waals surface area (Å²) in [5.41, 5.74) is 1.27. The molecule has 0 aromatic carbocycles. The van der Waals surface area contributed by atoms with Gasteiger partial charge in [0.2, 0.25) is 5.91 Å². The highest BCUT2D eigenvalue weighted by molar-refractivity contribution is 5.94. The van der Waals surface area contributed by atoms with Gasteiger partial charge >= 0.3 is 0 Å². The summed E-state index contributed by atoms with van der Waals surface area (Å²) in [5.74, 6) is 0.247. The predicted molar refractivity (Wildman–Crippen MR) is 85.0 cm³/mol. The van der Waals surface area contributed by atoms with E-state index < -0.39 is 0 Å². The van der Waals surface area contributed by atoms with Crippen LogP contribution >= 0.6 is 0 Å². The van der Waals surface area contributed by atoms with Gasteiger partial charge in [-0.15, -0.1) is 0 Å². The Bertz CT molecular complexity index is 774. The van der Waals surface area contributed by atoms with Gasteiger partial charge in [0.25, 0.3) is 5.91 Å². The second kappa shape index (κ2) is 5.08. The summed E-state index contributed by atoms with van der Waals surface area (Å²) in [6, 6.07) is 7.52. The first kappa shape index (κ1) is 14.2. The molecule has 0 aliphatic carbocycles. The third-order valence-electron chi connectivity index (χ3n) is 5.37. The molecule has 6 nitrogen and oxygen atoms in total. The number of likely N-dealkylation sites (tertiary alicyclic amines) is 2. The van der Waals surface area contributed by atoms with Crippen LogP contribution in [0.4, 0.5) is 0 Å². The van der Waals surface area contributed by atoms with Gasteiger partial charge in [-0.25, -0.2) is 4.52 Å². The quantitative estimate of drug-likeness (QED) is 0.800. The predicted octanol–water partition coefficient (Wildman–Crippen LogP) is 1.42. The number of piperidine rings is 1. The van der Waals surface area contributed by atoms with E-state index in [1.54, 1.807) is 10.7 Å². The van der Waals surface area contributed by atoms with Crippen molar-refractivity contribution in [3.63, 3.8) is 0 Å². The molecule has 0 unspecified atom stereocenters. The van der Waals surface area contributed by atoms with Crippen molar-refractivity contribution in [2.45, 2.75) is 19.3 Å². The molecule has 2 aromatic heterocycles. The van der Waals surface area contributed by atoms with E-state index in [9.17, 15) is 9.59 Å². The zero-order valence-corrected chi connectivity index (χ0v) is 13.2. The smallest absolute Gasteiger partial charge is 0.272 e. The zero-order valence-electron chi connectivity index (χ0n) is 13.2. The minimum Gasteiger partial charge on any atom is -0.345 e. The number of hydrogen-bond donors (Lipinski definition) is 0. The molecule has 0 radical (unpaired) electrons. The minimum absolute atomic E-state index is 0.00245. The molecule has 2 aliphatic rings. The first-order valence-corrected chi connectivity index (χ1v) is 8.08. The van der Waals surface area contributed by atoms with Gasteiger partial charge in [0.1, 0.15) is 5.69 Å². The standard InChI is InChI=1S/C17H20N4O2/c1-19-10-6-17(16(19)23)7-11-20(12-8-17)15(22)14-5-4-13-3-2-9-18-21(13)14/h2-5,9H,6-8,10-12H2,1H3. The lowest BCUT2D eigenvalue weighted by molar-refractivity contribution is -0.137. The van der Waals surface area contributed by atoms with Crippen LogP contribution in [-0.2, 0) is 4.79 Å².